The quantitative estimate of drug-likeness (QED) is 0.621. The fraction of sp³-hybridized carbons (Fsp3) is 0.875. The topological polar surface area (TPSA) is 58.4 Å². The molecule has 0 unspecified atom stereocenters. The SMILES string of the molecule is CCCNC(=O)N1CC[C@H](N)C1. The van der Waals surface area contributed by atoms with Gasteiger partial charge in [0.25, 0.3) is 0 Å². The van der Waals surface area contributed by atoms with Crippen molar-refractivity contribution in [2.45, 2.75) is 25.8 Å². The molecule has 3 N–H and O–H groups in total. The van der Waals surface area contributed by atoms with Crippen LogP contribution in [0.1, 0.15) is 19.8 Å². The highest BCUT2D eigenvalue weighted by Crippen LogP contribution is 2.06. The number of hydrogen-bond donors (Lipinski definition) is 2. The Bertz CT molecular complexity index is 160. The fourth-order valence-corrected chi connectivity index (χ4v) is 1.32. The molecule has 0 radical (unpaired) electrons. The van der Waals surface area contributed by atoms with Crippen LogP contribution in [0.15, 0.2) is 0 Å². The summed E-state index contributed by atoms with van der Waals surface area (Å²) in [5.74, 6) is 0. The van der Waals surface area contributed by atoms with Crippen molar-refractivity contribution >= 4 is 6.03 Å². The van der Waals surface area contributed by atoms with Crippen molar-refractivity contribution in [3.8, 4) is 0 Å². The van der Waals surface area contributed by atoms with Gasteiger partial charge < -0.3 is 16.0 Å². The van der Waals surface area contributed by atoms with E-state index >= 15 is 0 Å². The Morgan fingerprint density at radius 3 is 3.00 bits per heavy atom. The van der Waals surface area contributed by atoms with Crippen LogP contribution in [-0.4, -0.2) is 36.6 Å². The van der Waals surface area contributed by atoms with Gasteiger partial charge in [-0.1, -0.05) is 6.92 Å². The number of carbonyl (C=O) groups excluding carboxylic acids is 1. The van der Waals surface area contributed by atoms with E-state index in [-0.39, 0.29) is 12.1 Å². The molecule has 1 aliphatic heterocycles. The van der Waals surface area contributed by atoms with E-state index in [1.165, 1.54) is 0 Å². The van der Waals surface area contributed by atoms with Crippen LogP contribution in [0, 0.1) is 0 Å². The Balaban J connectivity index is 2.23. The van der Waals surface area contributed by atoms with Gasteiger partial charge in [-0.15, -0.1) is 0 Å². The van der Waals surface area contributed by atoms with E-state index in [0.29, 0.717) is 6.54 Å². The smallest absolute Gasteiger partial charge is 0.317 e. The van der Waals surface area contributed by atoms with E-state index in [1.807, 2.05) is 6.92 Å². The molecule has 1 heterocycles. The number of amides is 2. The van der Waals surface area contributed by atoms with Gasteiger partial charge in [0.2, 0.25) is 0 Å². The highest BCUT2D eigenvalue weighted by molar-refractivity contribution is 5.74. The van der Waals surface area contributed by atoms with Crippen molar-refractivity contribution in [2.75, 3.05) is 19.6 Å². The first kappa shape index (κ1) is 9.32. The van der Waals surface area contributed by atoms with Gasteiger partial charge in [0, 0.05) is 25.7 Å². The summed E-state index contributed by atoms with van der Waals surface area (Å²) >= 11 is 0. The van der Waals surface area contributed by atoms with Gasteiger partial charge in [-0.25, -0.2) is 4.79 Å². The molecule has 4 nitrogen and oxygen atoms in total. The Morgan fingerprint density at radius 2 is 2.50 bits per heavy atom. The van der Waals surface area contributed by atoms with Gasteiger partial charge in [-0.3, -0.25) is 0 Å². The van der Waals surface area contributed by atoms with Gasteiger partial charge in [0.15, 0.2) is 0 Å². The van der Waals surface area contributed by atoms with Crippen LogP contribution in [0.5, 0.6) is 0 Å². The van der Waals surface area contributed by atoms with E-state index in [1.54, 1.807) is 4.90 Å². The second-order valence-electron chi connectivity index (χ2n) is 3.23. The molecule has 0 aromatic rings. The number of nitrogens with two attached hydrogens (primary N) is 1. The Morgan fingerprint density at radius 1 is 1.75 bits per heavy atom. The molecule has 0 aliphatic carbocycles. The van der Waals surface area contributed by atoms with Gasteiger partial charge >= 0.3 is 6.03 Å². The zero-order valence-corrected chi connectivity index (χ0v) is 7.55. The van der Waals surface area contributed by atoms with Crippen molar-refractivity contribution < 1.29 is 4.79 Å². The predicted octanol–water partition coefficient (Wildman–Crippen LogP) is 0.139. The third-order valence-electron chi connectivity index (χ3n) is 2.04. The van der Waals surface area contributed by atoms with Gasteiger partial charge in [0.1, 0.15) is 0 Å². The predicted molar refractivity (Wildman–Crippen MR) is 47.9 cm³/mol. The van der Waals surface area contributed by atoms with E-state index < -0.39 is 0 Å². The van der Waals surface area contributed by atoms with Gasteiger partial charge in [-0.05, 0) is 12.8 Å². The molecule has 0 aromatic carbocycles. The molecule has 4 heteroatoms. The second kappa shape index (κ2) is 4.30. The summed E-state index contributed by atoms with van der Waals surface area (Å²) < 4.78 is 0. The van der Waals surface area contributed by atoms with E-state index in [9.17, 15) is 4.79 Å². The van der Waals surface area contributed by atoms with Crippen molar-refractivity contribution in [1.82, 2.24) is 10.2 Å². The maximum absolute atomic E-state index is 11.3. The number of carbonyl (C=O) groups is 1. The largest absolute Gasteiger partial charge is 0.338 e. The first-order valence-corrected chi connectivity index (χ1v) is 4.52. The highest BCUT2D eigenvalue weighted by atomic mass is 16.2. The molecule has 1 rings (SSSR count). The van der Waals surface area contributed by atoms with Crippen molar-refractivity contribution in [3.05, 3.63) is 0 Å². The van der Waals surface area contributed by atoms with Gasteiger partial charge in [-0.2, -0.15) is 0 Å². The number of nitrogens with zero attached hydrogens (tertiary/aromatic N) is 1. The molecule has 0 saturated carbocycles. The molecular formula is C8H17N3O. The summed E-state index contributed by atoms with van der Waals surface area (Å²) in [6, 6.07) is 0.210. The fourth-order valence-electron chi connectivity index (χ4n) is 1.32. The number of rotatable bonds is 2. The van der Waals surface area contributed by atoms with Gasteiger partial charge in [0.05, 0.1) is 0 Å². The van der Waals surface area contributed by atoms with Crippen LogP contribution in [0.25, 0.3) is 0 Å². The molecule has 2 amide bonds. The average molecular weight is 171 g/mol. The van der Waals surface area contributed by atoms with Crippen molar-refractivity contribution in [1.29, 1.82) is 0 Å². The first-order valence-electron chi connectivity index (χ1n) is 4.52. The third-order valence-corrected chi connectivity index (χ3v) is 2.04. The number of likely N-dealkylation sites (tertiary alicyclic amines) is 1. The molecule has 1 saturated heterocycles. The third kappa shape index (κ3) is 2.37. The molecule has 0 aromatic heterocycles. The molecule has 0 bridgehead atoms. The van der Waals surface area contributed by atoms with Crippen molar-refractivity contribution in [2.24, 2.45) is 5.73 Å². The molecule has 0 spiro atoms. The molecule has 70 valence electrons. The summed E-state index contributed by atoms with van der Waals surface area (Å²) in [7, 11) is 0. The average Bonchev–Trinajstić information content (AvgIpc) is 2.47. The minimum atomic E-state index is 0.0322. The van der Waals surface area contributed by atoms with Crippen LogP contribution in [0.2, 0.25) is 0 Å². The summed E-state index contributed by atoms with van der Waals surface area (Å²) in [4.78, 5) is 13.1. The minimum absolute atomic E-state index is 0.0322. The zero-order valence-electron chi connectivity index (χ0n) is 7.55. The van der Waals surface area contributed by atoms with Crippen LogP contribution < -0.4 is 11.1 Å². The number of hydrogen-bond acceptors (Lipinski definition) is 2. The lowest BCUT2D eigenvalue weighted by molar-refractivity contribution is 0.208. The summed E-state index contributed by atoms with van der Waals surface area (Å²) in [5.41, 5.74) is 5.67. The maximum atomic E-state index is 11.3. The van der Waals surface area contributed by atoms with Crippen molar-refractivity contribution in [3.63, 3.8) is 0 Å². The number of nitrogens with one attached hydrogen (secondary N) is 1. The lowest BCUT2D eigenvalue weighted by Gasteiger charge is -2.15. The molecule has 1 fully saturated rings. The van der Waals surface area contributed by atoms with Crippen LogP contribution >= 0.6 is 0 Å². The monoisotopic (exact) mass is 171 g/mol. The minimum Gasteiger partial charge on any atom is -0.338 e. The Kier molecular flexibility index (Phi) is 3.34. The standard InChI is InChI=1S/C8H17N3O/c1-2-4-10-8(12)11-5-3-7(9)6-11/h7H,2-6,9H2,1H3,(H,10,12)/t7-/m0/s1. The van der Waals surface area contributed by atoms with E-state index in [0.717, 1.165) is 25.9 Å². The summed E-state index contributed by atoms with van der Waals surface area (Å²) in [5, 5.41) is 2.83. The van der Waals surface area contributed by atoms with E-state index in [2.05, 4.69) is 5.32 Å². The maximum Gasteiger partial charge on any atom is 0.317 e. The second-order valence-corrected chi connectivity index (χ2v) is 3.23. The number of urea groups is 1. The Hall–Kier alpha value is -0.770. The van der Waals surface area contributed by atoms with Crippen LogP contribution in [-0.2, 0) is 0 Å². The molecular weight excluding hydrogens is 154 g/mol. The summed E-state index contributed by atoms with van der Waals surface area (Å²) in [6.45, 7) is 4.30. The summed E-state index contributed by atoms with van der Waals surface area (Å²) in [6.07, 6.45) is 1.91. The Labute approximate surface area is 73.1 Å². The zero-order chi connectivity index (χ0) is 8.97. The lowest BCUT2D eigenvalue weighted by atomic mass is 10.3. The molecule has 12 heavy (non-hydrogen) atoms. The van der Waals surface area contributed by atoms with Crippen LogP contribution in [0.4, 0.5) is 4.79 Å². The lowest BCUT2D eigenvalue weighted by Crippen LogP contribution is -2.40. The highest BCUT2D eigenvalue weighted by Gasteiger charge is 2.22. The molecule has 1 atom stereocenters. The molecule has 1 aliphatic rings. The van der Waals surface area contributed by atoms with E-state index in [4.69, 9.17) is 5.73 Å². The van der Waals surface area contributed by atoms with Crippen LogP contribution in [0.3, 0.4) is 0 Å². The first-order chi connectivity index (χ1) is 5.74. The normalized spacial score (nSPS) is 22.8.